The van der Waals surface area contributed by atoms with Gasteiger partial charge >= 0.3 is 0 Å². The minimum absolute atomic E-state index is 0.0686. The maximum atomic E-state index is 9.51. The van der Waals surface area contributed by atoms with Gasteiger partial charge < -0.3 is 23.9 Å². The molecule has 3 heterocycles. The maximum Gasteiger partial charge on any atom is 0.134 e. The van der Waals surface area contributed by atoms with E-state index in [9.17, 15) is 5.11 Å². The lowest BCUT2D eigenvalue weighted by Gasteiger charge is -2.39. The van der Waals surface area contributed by atoms with Crippen molar-refractivity contribution in [3.05, 3.63) is 40.6 Å². The van der Waals surface area contributed by atoms with Gasteiger partial charge in [-0.1, -0.05) is 0 Å². The highest BCUT2D eigenvalue weighted by atomic mass is 32.2. The zero-order valence-electron chi connectivity index (χ0n) is 15.3. The van der Waals surface area contributed by atoms with Gasteiger partial charge in [-0.3, -0.25) is 0 Å². The minimum atomic E-state index is -0.0686. The van der Waals surface area contributed by atoms with E-state index in [4.69, 9.17) is 13.9 Å². The van der Waals surface area contributed by atoms with Crippen LogP contribution in [0.2, 0.25) is 0 Å². The average molecular weight is 375 g/mol. The summed E-state index contributed by atoms with van der Waals surface area (Å²) in [7, 11) is 0. The second-order valence-corrected chi connectivity index (χ2v) is 8.10. The molecule has 0 radical (unpaired) electrons. The van der Waals surface area contributed by atoms with Crippen molar-refractivity contribution in [1.82, 2.24) is 4.90 Å². The van der Waals surface area contributed by atoms with Gasteiger partial charge in [0, 0.05) is 29.2 Å². The molecule has 4 rings (SSSR count). The van der Waals surface area contributed by atoms with E-state index in [0.717, 1.165) is 47.8 Å². The summed E-state index contributed by atoms with van der Waals surface area (Å²) < 4.78 is 17.3. The van der Waals surface area contributed by atoms with Gasteiger partial charge in [0.05, 0.1) is 18.0 Å². The first kappa shape index (κ1) is 17.8. The Balaban J connectivity index is 1.47. The van der Waals surface area contributed by atoms with Crippen molar-refractivity contribution < 1.29 is 19.0 Å². The highest BCUT2D eigenvalue weighted by Crippen LogP contribution is 2.41. The molecule has 1 unspecified atom stereocenters. The summed E-state index contributed by atoms with van der Waals surface area (Å²) in [5, 5.41) is 10.6. The first-order valence-electron chi connectivity index (χ1n) is 9.03. The Hall–Kier alpha value is -1.63. The van der Waals surface area contributed by atoms with Crippen LogP contribution in [0.1, 0.15) is 25.5 Å². The molecular weight excluding hydrogens is 350 g/mol. The van der Waals surface area contributed by atoms with Crippen LogP contribution in [0.15, 0.2) is 39.3 Å². The third-order valence-electron chi connectivity index (χ3n) is 5.39. The van der Waals surface area contributed by atoms with Crippen molar-refractivity contribution in [3.63, 3.8) is 0 Å². The summed E-state index contributed by atoms with van der Waals surface area (Å²) in [6, 6.07) is 7.96. The zero-order chi connectivity index (χ0) is 18.1. The summed E-state index contributed by atoms with van der Waals surface area (Å²) in [5.74, 6) is 2.66. The molecule has 2 aromatic rings. The van der Waals surface area contributed by atoms with E-state index in [1.165, 1.54) is 10.6 Å². The number of furan rings is 1. The van der Waals surface area contributed by atoms with E-state index in [1.807, 2.05) is 43.0 Å². The van der Waals surface area contributed by atoms with E-state index in [1.54, 1.807) is 0 Å². The van der Waals surface area contributed by atoms with Crippen LogP contribution in [-0.2, 0) is 4.74 Å². The van der Waals surface area contributed by atoms with Crippen molar-refractivity contribution in [1.29, 1.82) is 0 Å². The van der Waals surface area contributed by atoms with Crippen molar-refractivity contribution >= 4 is 22.7 Å². The molecule has 2 aliphatic rings. The normalized spacial score (nSPS) is 23.4. The van der Waals surface area contributed by atoms with Gasteiger partial charge in [0.25, 0.3) is 0 Å². The Labute approximate surface area is 157 Å². The van der Waals surface area contributed by atoms with Crippen LogP contribution in [0.5, 0.6) is 5.75 Å². The van der Waals surface area contributed by atoms with Gasteiger partial charge in [0.2, 0.25) is 0 Å². The number of hydrogen-bond acceptors (Lipinski definition) is 6. The summed E-state index contributed by atoms with van der Waals surface area (Å²) in [6.07, 6.45) is 1.71. The second-order valence-electron chi connectivity index (χ2n) is 7.06. The maximum absolute atomic E-state index is 9.51. The number of aliphatic hydroxyl groups excluding tert-OH is 1. The molecule has 0 spiro atoms. The number of ether oxygens (including phenoxy) is 2. The SMILES string of the molecule is CC1=C(COc2ccc3oc(C)cc3c2)SCN1C1(CCO)CCOC1. The quantitative estimate of drug-likeness (QED) is 0.826. The molecule has 0 saturated carbocycles. The molecule has 6 heteroatoms. The highest BCUT2D eigenvalue weighted by molar-refractivity contribution is 8.03. The zero-order valence-corrected chi connectivity index (χ0v) is 16.1. The van der Waals surface area contributed by atoms with E-state index < -0.39 is 0 Å². The fourth-order valence-corrected chi connectivity index (χ4v) is 5.09. The Morgan fingerprint density at radius 3 is 2.96 bits per heavy atom. The molecule has 26 heavy (non-hydrogen) atoms. The molecule has 1 saturated heterocycles. The molecule has 1 fully saturated rings. The Kier molecular flexibility index (Phi) is 4.90. The highest BCUT2D eigenvalue weighted by Gasteiger charge is 2.42. The summed E-state index contributed by atoms with van der Waals surface area (Å²) in [5.41, 5.74) is 2.06. The standard InChI is InChI=1S/C20H25NO4S/c1-14-9-16-10-17(3-4-18(16)25-14)24-11-19-15(2)21(13-26-19)20(5-7-22)6-8-23-12-20/h3-4,9-10,22H,5-8,11-13H2,1-2H3. The van der Waals surface area contributed by atoms with Crippen LogP contribution in [0.4, 0.5) is 0 Å². The van der Waals surface area contributed by atoms with Crippen LogP contribution in [0.3, 0.4) is 0 Å². The van der Waals surface area contributed by atoms with Crippen LogP contribution in [0.25, 0.3) is 11.0 Å². The van der Waals surface area contributed by atoms with Gasteiger partial charge in [-0.15, -0.1) is 11.8 Å². The van der Waals surface area contributed by atoms with Gasteiger partial charge in [0.1, 0.15) is 23.7 Å². The molecule has 140 valence electrons. The Morgan fingerprint density at radius 2 is 2.19 bits per heavy atom. The van der Waals surface area contributed by atoms with Crippen LogP contribution in [-0.4, -0.2) is 47.8 Å². The van der Waals surface area contributed by atoms with E-state index in [2.05, 4.69) is 11.8 Å². The van der Waals surface area contributed by atoms with E-state index >= 15 is 0 Å². The summed E-state index contributed by atoms with van der Waals surface area (Å²) >= 11 is 1.82. The Bertz CT molecular complexity index is 822. The predicted molar refractivity (Wildman–Crippen MR) is 103 cm³/mol. The van der Waals surface area contributed by atoms with Gasteiger partial charge in [-0.05, 0) is 51.0 Å². The van der Waals surface area contributed by atoms with Gasteiger partial charge in [-0.25, -0.2) is 0 Å². The van der Waals surface area contributed by atoms with Crippen LogP contribution >= 0.6 is 11.8 Å². The second kappa shape index (κ2) is 7.18. The van der Waals surface area contributed by atoms with Crippen molar-refractivity contribution in [2.45, 2.75) is 32.2 Å². The first-order chi connectivity index (χ1) is 12.6. The van der Waals surface area contributed by atoms with E-state index in [-0.39, 0.29) is 12.1 Å². The van der Waals surface area contributed by atoms with Gasteiger partial charge in [-0.2, -0.15) is 0 Å². The summed E-state index contributed by atoms with van der Waals surface area (Å²) in [4.78, 5) is 3.65. The van der Waals surface area contributed by atoms with Crippen molar-refractivity contribution in [2.24, 2.45) is 0 Å². The number of nitrogens with zero attached hydrogens (tertiary/aromatic N) is 1. The monoisotopic (exact) mass is 375 g/mol. The fraction of sp³-hybridized carbons (Fsp3) is 0.500. The largest absolute Gasteiger partial charge is 0.488 e. The fourth-order valence-electron chi connectivity index (χ4n) is 3.88. The predicted octanol–water partition coefficient (Wildman–Crippen LogP) is 3.90. The molecule has 0 aliphatic carbocycles. The molecule has 1 N–H and O–H groups in total. The van der Waals surface area contributed by atoms with Crippen LogP contribution in [0, 0.1) is 6.92 Å². The number of aryl methyl sites for hydroxylation is 1. The number of allylic oxidation sites excluding steroid dienone is 1. The van der Waals surface area contributed by atoms with Crippen LogP contribution < -0.4 is 4.74 Å². The lowest BCUT2D eigenvalue weighted by molar-refractivity contribution is 0.0842. The number of rotatable bonds is 6. The van der Waals surface area contributed by atoms with Crippen molar-refractivity contribution in [3.8, 4) is 5.75 Å². The lowest BCUT2D eigenvalue weighted by atomic mass is 9.92. The topological polar surface area (TPSA) is 55.1 Å². The molecule has 1 aromatic heterocycles. The molecular formula is C20H25NO4S. The van der Waals surface area contributed by atoms with Gasteiger partial charge in [0.15, 0.2) is 0 Å². The van der Waals surface area contributed by atoms with Crippen molar-refractivity contribution in [2.75, 3.05) is 32.3 Å². The molecule has 1 aromatic carbocycles. The number of aliphatic hydroxyl groups is 1. The summed E-state index contributed by atoms with van der Waals surface area (Å²) in [6.45, 7) is 6.31. The molecule has 5 nitrogen and oxygen atoms in total. The molecule has 0 bridgehead atoms. The third kappa shape index (κ3) is 3.21. The number of hydrogen-bond donors (Lipinski definition) is 1. The number of thioether (sulfide) groups is 1. The number of benzene rings is 1. The smallest absolute Gasteiger partial charge is 0.134 e. The minimum Gasteiger partial charge on any atom is -0.488 e. The lowest BCUT2D eigenvalue weighted by Crippen LogP contribution is -2.47. The molecule has 0 amide bonds. The Morgan fingerprint density at radius 1 is 1.31 bits per heavy atom. The molecule has 2 aliphatic heterocycles. The third-order valence-corrected chi connectivity index (χ3v) is 6.54. The molecule has 1 atom stereocenters. The first-order valence-corrected chi connectivity index (χ1v) is 10.0. The van der Waals surface area contributed by atoms with E-state index in [0.29, 0.717) is 13.2 Å². The number of fused-ring (bicyclic) bond motifs is 1. The average Bonchev–Trinajstić information content (AvgIpc) is 3.31.